The lowest BCUT2D eigenvalue weighted by Crippen LogP contribution is -2.51. The Morgan fingerprint density at radius 1 is 1.32 bits per heavy atom. The molecule has 3 N–H and O–H groups in total. The number of carboxylic acid groups (broad SMARTS) is 1. The van der Waals surface area contributed by atoms with E-state index >= 15 is 0 Å². The number of ether oxygens (including phenoxy) is 1. The van der Waals surface area contributed by atoms with Gasteiger partial charge in [0.25, 0.3) is 0 Å². The summed E-state index contributed by atoms with van der Waals surface area (Å²) in [6, 6.07) is 4.62. The summed E-state index contributed by atoms with van der Waals surface area (Å²) < 4.78 is 5.06. The van der Waals surface area contributed by atoms with Crippen molar-refractivity contribution in [3.63, 3.8) is 0 Å². The average molecular weight is 266 g/mol. The van der Waals surface area contributed by atoms with Gasteiger partial charge in [0, 0.05) is 5.69 Å². The molecule has 1 rings (SSSR count). The lowest BCUT2D eigenvalue weighted by atomic mass is 10.1. The number of carbonyl (C=O) groups is 2. The van der Waals surface area contributed by atoms with Gasteiger partial charge >= 0.3 is 12.0 Å². The third-order valence-electron chi connectivity index (χ3n) is 2.64. The molecule has 2 amide bonds. The fourth-order valence-electron chi connectivity index (χ4n) is 1.39. The summed E-state index contributed by atoms with van der Waals surface area (Å²) in [7, 11) is 1.56. The maximum atomic E-state index is 11.7. The van der Waals surface area contributed by atoms with Crippen LogP contribution in [0.4, 0.5) is 10.5 Å². The number of carboxylic acids is 1. The fourth-order valence-corrected chi connectivity index (χ4v) is 1.39. The molecule has 0 aliphatic heterocycles. The number of anilines is 1. The summed E-state index contributed by atoms with van der Waals surface area (Å²) >= 11 is 0. The Labute approximate surface area is 111 Å². The number of aryl methyl sites for hydroxylation is 1. The Balaban J connectivity index is 2.75. The van der Waals surface area contributed by atoms with Crippen LogP contribution in [-0.4, -0.2) is 29.8 Å². The van der Waals surface area contributed by atoms with E-state index in [0.29, 0.717) is 11.4 Å². The highest BCUT2D eigenvalue weighted by Gasteiger charge is 2.28. The Kier molecular flexibility index (Phi) is 4.37. The van der Waals surface area contributed by atoms with Crippen LogP contribution >= 0.6 is 0 Å². The number of amides is 2. The van der Waals surface area contributed by atoms with Gasteiger partial charge in [0.2, 0.25) is 0 Å². The van der Waals surface area contributed by atoms with Gasteiger partial charge in [0.05, 0.1) is 7.11 Å². The summed E-state index contributed by atoms with van der Waals surface area (Å²) in [6.45, 7) is 4.64. The monoisotopic (exact) mass is 266 g/mol. The normalized spacial score (nSPS) is 10.7. The molecule has 0 radical (unpaired) electrons. The quantitative estimate of drug-likeness (QED) is 0.777. The van der Waals surface area contributed by atoms with Crippen molar-refractivity contribution in [2.24, 2.45) is 0 Å². The molecule has 0 atom stereocenters. The molecule has 19 heavy (non-hydrogen) atoms. The standard InChI is InChI=1S/C13H18N2O4/c1-8-7-9(19-4)5-6-10(8)14-12(18)15-13(2,3)11(16)17/h5-7H,1-4H3,(H,16,17)(H2,14,15,18). The van der Waals surface area contributed by atoms with E-state index in [0.717, 1.165) is 5.56 Å². The SMILES string of the molecule is COc1ccc(NC(=O)NC(C)(C)C(=O)O)c(C)c1. The fraction of sp³-hybridized carbons (Fsp3) is 0.385. The molecule has 0 heterocycles. The Morgan fingerprint density at radius 2 is 1.95 bits per heavy atom. The molecular weight excluding hydrogens is 248 g/mol. The second kappa shape index (κ2) is 5.60. The molecule has 0 spiro atoms. The van der Waals surface area contributed by atoms with E-state index in [2.05, 4.69) is 10.6 Å². The lowest BCUT2D eigenvalue weighted by molar-refractivity contribution is -0.142. The molecule has 0 unspecified atom stereocenters. The van der Waals surface area contributed by atoms with Crippen LogP contribution in [0.15, 0.2) is 18.2 Å². The van der Waals surface area contributed by atoms with Gasteiger partial charge in [-0.1, -0.05) is 0 Å². The number of carbonyl (C=O) groups excluding carboxylic acids is 1. The Morgan fingerprint density at radius 3 is 2.42 bits per heavy atom. The molecule has 1 aromatic rings. The van der Waals surface area contributed by atoms with Gasteiger partial charge in [-0.05, 0) is 44.5 Å². The van der Waals surface area contributed by atoms with Crippen LogP contribution in [0, 0.1) is 6.92 Å². The summed E-state index contributed by atoms with van der Waals surface area (Å²) in [6.07, 6.45) is 0. The average Bonchev–Trinajstić information content (AvgIpc) is 2.30. The number of hydrogen-bond acceptors (Lipinski definition) is 3. The van der Waals surface area contributed by atoms with E-state index in [9.17, 15) is 9.59 Å². The van der Waals surface area contributed by atoms with Crippen LogP contribution in [0.2, 0.25) is 0 Å². The minimum atomic E-state index is -1.33. The number of methoxy groups -OCH3 is 1. The van der Waals surface area contributed by atoms with Gasteiger partial charge in [0.1, 0.15) is 11.3 Å². The first kappa shape index (κ1) is 14.8. The summed E-state index contributed by atoms with van der Waals surface area (Å²) in [5.74, 6) is -0.413. The molecule has 0 fully saturated rings. The molecule has 0 aliphatic carbocycles. The van der Waals surface area contributed by atoms with Gasteiger partial charge in [0.15, 0.2) is 0 Å². The summed E-state index contributed by atoms with van der Waals surface area (Å²) in [5, 5.41) is 13.9. The van der Waals surface area contributed by atoms with E-state index < -0.39 is 17.5 Å². The van der Waals surface area contributed by atoms with Crippen molar-refractivity contribution in [2.75, 3.05) is 12.4 Å². The first-order valence-electron chi connectivity index (χ1n) is 5.73. The first-order chi connectivity index (χ1) is 8.76. The molecule has 0 bridgehead atoms. The van der Waals surface area contributed by atoms with Gasteiger partial charge in [-0.2, -0.15) is 0 Å². The van der Waals surface area contributed by atoms with Crippen LogP contribution in [0.25, 0.3) is 0 Å². The van der Waals surface area contributed by atoms with Gasteiger partial charge in [-0.15, -0.1) is 0 Å². The number of rotatable bonds is 4. The maximum absolute atomic E-state index is 11.7. The molecule has 104 valence electrons. The summed E-state index contributed by atoms with van der Waals surface area (Å²) in [4.78, 5) is 22.6. The molecular formula is C13H18N2O4. The highest BCUT2D eigenvalue weighted by Crippen LogP contribution is 2.21. The van der Waals surface area contributed by atoms with E-state index in [-0.39, 0.29) is 0 Å². The minimum absolute atomic E-state index is 0.569. The van der Waals surface area contributed by atoms with Crippen molar-refractivity contribution in [3.8, 4) is 5.75 Å². The molecule has 1 aromatic carbocycles. The minimum Gasteiger partial charge on any atom is -0.497 e. The van der Waals surface area contributed by atoms with Crippen molar-refractivity contribution in [1.29, 1.82) is 0 Å². The van der Waals surface area contributed by atoms with Crippen LogP contribution in [0.3, 0.4) is 0 Å². The number of nitrogens with one attached hydrogen (secondary N) is 2. The second-order valence-electron chi connectivity index (χ2n) is 4.69. The van der Waals surface area contributed by atoms with Crippen molar-refractivity contribution < 1.29 is 19.4 Å². The highest BCUT2D eigenvalue weighted by molar-refractivity contribution is 5.94. The molecule has 0 aromatic heterocycles. The van der Waals surface area contributed by atoms with Crippen LogP contribution in [-0.2, 0) is 4.79 Å². The molecule has 0 saturated heterocycles. The largest absolute Gasteiger partial charge is 0.497 e. The smallest absolute Gasteiger partial charge is 0.328 e. The topological polar surface area (TPSA) is 87.7 Å². The predicted octanol–water partition coefficient (Wildman–Crippen LogP) is 1.99. The number of urea groups is 1. The third kappa shape index (κ3) is 3.87. The van der Waals surface area contributed by atoms with Crippen molar-refractivity contribution in [1.82, 2.24) is 5.32 Å². The van der Waals surface area contributed by atoms with Crippen molar-refractivity contribution >= 4 is 17.7 Å². The van der Waals surface area contributed by atoms with Crippen LogP contribution in [0.5, 0.6) is 5.75 Å². The Hall–Kier alpha value is -2.24. The van der Waals surface area contributed by atoms with Crippen LogP contribution < -0.4 is 15.4 Å². The number of benzene rings is 1. The van der Waals surface area contributed by atoms with Crippen molar-refractivity contribution in [3.05, 3.63) is 23.8 Å². The number of hydrogen-bond donors (Lipinski definition) is 3. The van der Waals surface area contributed by atoms with Gasteiger partial charge in [-0.3, -0.25) is 0 Å². The van der Waals surface area contributed by atoms with Crippen LogP contribution in [0.1, 0.15) is 19.4 Å². The zero-order chi connectivity index (χ0) is 14.6. The van der Waals surface area contributed by atoms with E-state index in [1.807, 2.05) is 6.92 Å². The zero-order valence-electron chi connectivity index (χ0n) is 11.4. The zero-order valence-corrected chi connectivity index (χ0v) is 11.4. The van der Waals surface area contributed by atoms with E-state index in [4.69, 9.17) is 9.84 Å². The molecule has 0 aliphatic rings. The van der Waals surface area contributed by atoms with Gasteiger partial charge < -0.3 is 20.5 Å². The van der Waals surface area contributed by atoms with Crippen molar-refractivity contribution in [2.45, 2.75) is 26.3 Å². The first-order valence-corrected chi connectivity index (χ1v) is 5.73. The Bertz CT molecular complexity index is 497. The highest BCUT2D eigenvalue weighted by atomic mass is 16.5. The third-order valence-corrected chi connectivity index (χ3v) is 2.64. The molecule has 6 nitrogen and oxygen atoms in total. The molecule has 6 heteroatoms. The molecule has 0 saturated carbocycles. The second-order valence-corrected chi connectivity index (χ2v) is 4.69. The predicted molar refractivity (Wildman–Crippen MR) is 71.6 cm³/mol. The lowest BCUT2D eigenvalue weighted by Gasteiger charge is -2.21. The summed E-state index contributed by atoms with van der Waals surface area (Å²) in [5.41, 5.74) is 0.0897. The van der Waals surface area contributed by atoms with E-state index in [1.165, 1.54) is 13.8 Å². The maximum Gasteiger partial charge on any atom is 0.328 e. The van der Waals surface area contributed by atoms with Gasteiger partial charge in [-0.25, -0.2) is 9.59 Å². The van der Waals surface area contributed by atoms with E-state index in [1.54, 1.807) is 25.3 Å². The number of aliphatic carboxylic acids is 1.